The van der Waals surface area contributed by atoms with Crippen LogP contribution in [0.2, 0.25) is 0 Å². The van der Waals surface area contributed by atoms with Crippen LogP contribution in [0.1, 0.15) is 52.2 Å². The van der Waals surface area contributed by atoms with Gasteiger partial charge in [0.1, 0.15) is 15.4 Å². The van der Waals surface area contributed by atoms with E-state index in [9.17, 15) is 18.4 Å². The van der Waals surface area contributed by atoms with Crippen molar-refractivity contribution in [2.75, 3.05) is 5.32 Å². The van der Waals surface area contributed by atoms with Gasteiger partial charge in [0.15, 0.2) is 0 Å². The van der Waals surface area contributed by atoms with E-state index >= 15 is 0 Å². The lowest BCUT2D eigenvalue weighted by Crippen LogP contribution is -2.18. The Labute approximate surface area is 217 Å². The second kappa shape index (κ2) is 10.1. The van der Waals surface area contributed by atoms with Crippen LogP contribution in [0.25, 0.3) is 21.3 Å². The lowest BCUT2D eigenvalue weighted by atomic mass is 10.0. The molecular formula is C23H24BrF2N7O2S. The summed E-state index contributed by atoms with van der Waals surface area (Å²) in [4.78, 5) is 29.6. The van der Waals surface area contributed by atoms with Crippen molar-refractivity contribution >= 4 is 55.0 Å². The zero-order valence-corrected chi connectivity index (χ0v) is 22.4. The van der Waals surface area contributed by atoms with Gasteiger partial charge in [-0.25, -0.2) is 13.8 Å². The van der Waals surface area contributed by atoms with E-state index in [1.165, 1.54) is 6.07 Å². The van der Waals surface area contributed by atoms with Gasteiger partial charge in [0.05, 0.1) is 28.6 Å². The fraction of sp³-hybridized carbons (Fsp3) is 0.348. The number of aromatic nitrogens is 5. The highest BCUT2D eigenvalue weighted by molar-refractivity contribution is 9.10. The third-order valence-electron chi connectivity index (χ3n) is 5.93. The van der Waals surface area contributed by atoms with Crippen LogP contribution in [0.4, 0.5) is 14.5 Å². The number of nitrogens with zero attached hydrogens (tertiary/aromatic N) is 5. The molecule has 4 aromatic heterocycles. The molecule has 0 saturated heterocycles. The van der Waals surface area contributed by atoms with Gasteiger partial charge in [-0.15, -0.1) is 11.3 Å². The summed E-state index contributed by atoms with van der Waals surface area (Å²) in [5, 5.41) is 11.9. The van der Waals surface area contributed by atoms with E-state index in [0.29, 0.717) is 29.6 Å². The number of hydrogen-bond donors (Lipinski definition) is 2. The number of primary amides is 1. The molecule has 13 heteroatoms. The van der Waals surface area contributed by atoms with Gasteiger partial charge in [-0.05, 0) is 55.3 Å². The van der Waals surface area contributed by atoms with Gasteiger partial charge in [-0.2, -0.15) is 10.2 Å². The van der Waals surface area contributed by atoms with Crippen LogP contribution in [0.5, 0.6) is 0 Å². The highest BCUT2D eigenvalue weighted by Gasteiger charge is 2.26. The molecule has 0 aliphatic heterocycles. The topological polar surface area (TPSA) is 121 Å². The van der Waals surface area contributed by atoms with Crippen LogP contribution < -0.4 is 11.1 Å². The molecule has 2 amide bonds. The number of aryl methyl sites for hydroxylation is 3. The van der Waals surface area contributed by atoms with Crippen LogP contribution in [0.3, 0.4) is 0 Å². The summed E-state index contributed by atoms with van der Waals surface area (Å²) in [6.45, 7) is 8.38. The van der Waals surface area contributed by atoms with Gasteiger partial charge in [0, 0.05) is 35.3 Å². The van der Waals surface area contributed by atoms with Crippen molar-refractivity contribution in [1.82, 2.24) is 24.5 Å². The Balaban J connectivity index is 1.80. The number of halogens is 3. The highest BCUT2D eigenvalue weighted by Crippen LogP contribution is 2.43. The van der Waals surface area contributed by atoms with E-state index in [0.717, 1.165) is 32.9 Å². The molecule has 0 aliphatic carbocycles. The number of rotatable bonds is 8. The van der Waals surface area contributed by atoms with Crippen molar-refractivity contribution in [3.8, 4) is 11.1 Å². The zero-order valence-electron chi connectivity index (χ0n) is 20.0. The summed E-state index contributed by atoms with van der Waals surface area (Å²) < 4.78 is 31.7. The van der Waals surface area contributed by atoms with Crippen molar-refractivity contribution < 1.29 is 18.4 Å². The Morgan fingerprint density at radius 3 is 2.47 bits per heavy atom. The van der Waals surface area contributed by atoms with Gasteiger partial charge in [-0.3, -0.25) is 19.0 Å². The Morgan fingerprint density at radius 2 is 1.92 bits per heavy atom. The number of nitrogens with two attached hydrogens (primary N) is 1. The third kappa shape index (κ3) is 4.64. The molecule has 36 heavy (non-hydrogen) atoms. The number of hydrogen-bond acceptors (Lipinski definition) is 6. The summed E-state index contributed by atoms with van der Waals surface area (Å²) in [7, 11) is 0. The summed E-state index contributed by atoms with van der Waals surface area (Å²) in [5.41, 5.74) is 8.77. The zero-order chi connectivity index (χ0) is 26.3. The van der Waals surface area contributed by atoms with Gasteiger partial charge >= 0.3 is 0 Å². The lowest BCUT2D eigenvalue weighted by Gasteiger charge is -2.11. The molecule has 0 fully saturated rings. The minimum absolute atomic E-state index is 0.0351. The van der Waals surface area contributed by atoms with Gasteiger partial charge < -0.3 is 11.1 Å². The molecule has 0 atom stereocenters. The Kier molecular flexibility index (Phi) is 7.23. The maximum Gasteiger partial charge on any atom is 0.280 e. The fourth-order valence-corrected chi connectivity index (χ4v) is 5.36. The largest absolute Gasteiger partial charge is 0.365 e. The molecule has 9 nitrogen and oxygen atoms in total. The number of thiophene rings is 1. The van der Waals surface area contributed by atoms with E-state index in [-0.39, 0.29) is 27.7 Å². The molecule has 0 saturated carbocycles. The first-order valence-electron chi connectivity index (χ1n) is 11.1. The van der Waals surface area contributed by atoms with Crippen LogP contribution in [-0.4, -0.2) is 36.4 Å². The summed E-state index contributed by atoms with van der Waals surface area (Å²) >= 11 is 4.34. The molecule has 0 radical (unpaired) electrons. The predicted molar refractivity (Wildman–Crippen MR) is 137 cm³/mol. The van der Waals surface area contributed by atoms with Crippen LogP contribution in [-0.2, 0) is 17.9 Å². The molecule has 4 aromatic rings. The molecule has 4 rings (SSSR count). The molecule has 0 unspecified atom stereocenters. The van der Waals surface area contributed by atoms with Crippen LogP contribution in [0.15, 0.2) is 16.7 Å². The highest BCUT2D eigenvalue weighted by atomic mass is 79.9. The lowest BCUT2D eigenvalue weighted by molar-refractivity contribution is -0.116. The van der Waals surface area contributed by atoms with E-state index in [1.807, 2.05) is 27.7 Å². The normalized spacial score (nSPS) is 11.6. The number of nitrogens with one attached hydrogen (secondary N) is 1. The fourth-order valence-electron chi connectivity index (χ4n) is 4.07. The molecule has 3 N–H and O–H groups in total. The standard InChI is InChI=1S/C23H24BrF2N7O2S/c1-5-32-11(3)14(9-28-32)13-8-15(21(25)26)29-23-17(13)19(20(36-23)22(27)35)30-16(34)6-7-33-12(4)18(24)10(2)31-33/h8-9,21H,5-7H2,1-4H3,(H2,27,35)(H,30,34). The first-order chi connectivity index (χ1) is 17.0. The Bertz CT molecular complexity index is 1490. The van der Waals surface area contributed by atoms with Gasteiger partial charge in [-0.1, -0.05) is 0 Å². The molecule has 0 aromatic carbocycles. The number of carbonyl (C=O) groups excluding carboxylic acids is 2. The SMILES string of the molecule is CCn1ncc(-c2cc(C(F)F)nc3sc(C(N)=O)c(NC(=O)CCn4nc(C)c(Br)c4C)c23)c1C. The van der Waals surface area contributed by atoms with Crippen molar-refractivity contribution in [2.24, 2.45) is 5.73 Å². The minimum Gasteiger partial charge on any atom is -0.365 e. The maximum atomic E-state index is 13.7. The van der Waals surface area contributed by atoms with E-state index in [1.54, 1.807) is 15.6 Å². The second-order valence-corrected chi connectivity index (χ2v) is 10.0. The summed E-state index contributed by atoms with van der Waals surface area (Å²) in [6.07, 6.45) is -1.18. The smallest absolute Gasteiger partial charge is 0.280 e. The van der Waals surface area contributed by atoms with Crippen LogP contribution >= 0.6 is 27.3 Å². The molecule has 0 spiro atoms. The van der Waals surface area contributed by atoms with E-state index in [2.05, 4.69) is 36.4 Å². The number of alkyl halides is 2. The number of amides is 2. The van der Waals surface area contributed by atoms with Crippen molar-refractivity contribution in [3.63, 3.8) is 0 Å². The summed E-state index contributed by atoms with van der Waals surface area (Å²) in [6, 6.07) is 1.28. The molecule has 190 valence electrons. The number of carbonyl (C=O) groups is 2. The maximum absolute atomic E-state index is 13.7. The molecule has 0 bridgehead atoms. The monoisotopic (exact) mass is 579 g/mol. The van der Waals surface area contributed by atoms with Crippen molar-refractivity contribution in [1.29, 1.82) is 0 Å². The molecule has 4 heterocycles. The third-order valence-corrected chi connectivity index (χ3v) is 8.18. The van der Waals surface area contributed by atoms with Gasteiger partial charge in [0.2, 0.25) is 5.91 Å². The van der Waals surface area contributed by atoms with Crippen LogP contribution in [0, 0.1) is 20.8 Å². The minimum atomic E-state index is -2.83. The average molecular weight is 580 g/mol. The predicted octanol–water partition coefficient (Wildman–Crippen LogP) is 5.13. The van der Waals surface area contributed by atoms with E-state index < -0.39 is 18.0 Å². The first-order valence-corrected chi connectivity index (χ1v) is 12.7. The Morgan fingerprint density at radius 1 is 1.19 bits per heavy atom. The van der Waals surface area contributed by atoms with Gasteiger partial charge in [0.25, 0.3) is 12.3 Å². The number of pyridine rings is 1. The second-order valence-electron chi connectivity index (χ2n) is 8.21. The molecule has 0 aliphatic rings. The Hall–Kier alpha value is -3.19. The average Bonchev–Trinajstić information content (AvgIpc) is 3.46. The number of fused-ring (bicyclic) bond motifs is 1. The van der Waals surface area contributed by atoms with Crippen molar-refractivity contribution in [2.45, 2.75) is 53.6 Å². The number of anilines is 1. The quantitative estimate of drug-likeness (QED) is 0.300. The van der Waals surface area contributed by atoms with Crippen molar-refractivity contribution in [3.05, 3.63) is 44.4 Å². The molecular weight excluding hydrogens is 556 g/mol. The summed E-state index contributed by atoms with van der Waals surface area (Å²) in [5.74, 6) is -1.17. The van der Waals surface area contributed by atoms with E-state index in [4.69, 9.17) is 5.73 Å². The first kappa shape index (κ1) is 25.9.